The highest BCUT2D eigenvalue weighted by Crippen LogP contribution is 2.07. The number of ether oxygens (including phenoxy) is 1. The van der Waals surface area contributed by atoms with E-state index in [0.29, 0.717) is 0 Å². The summed E-state index contributed by atoms with van der Waals surface area (Å²) in [5.74, 6) is -1.77. The standard InChI is InChI=1S/C15H15N3O5/c1-8-3-5-9(6-4-8)14(21)23-7-10(19)11-12(16)18(2)15(22)17-13(11)20/h3-6H,7,16H2,1-2H3,(H,17,20,22). The van der Waals surface area contributed by atoms with Crippen LogP contribution in [0.3, 0.4) is 0 Å². The van der Waals surface area contributed by atoms with Crippen molar-refractivity contribution < 1.29 is 14.3 Å². The minimum Gasteiger partial charge on any atom is -0.454 e. The van der Waals surface area contributed by atoms with Crippen molar-refractivity contribution in [2.75, 3.05) is 12.3 Å². The number of nitrogens with two attached hydrogens (primary N) is 1. The Bertz CT molecular complexity index is 877. The predicted molar refractivity (Wildman–Crippen MR) is 82.5 cm³/mol. The molecule has 0 saturated carbocycles. The second-order valence-electron chi connectivity index (χ2n) is 4.94. The van der Waals surface area contributed by atoms with Crippen molar-refractivity contribution in [3.63, 3.8) is 0 Å². The first-order valence-electron chi connectivity index (χ1n) is 6.67. The fourth-order valence-corrected chi connectivity index (χ4v) is 1.88. The lowest BCUT2D eigenvalue weighted by Crippen LogP contribution is -2.35. The summed E-state index contributed by atoms with van der Waals surface area (Å²) in [6, 6.07) is 6.59. The molecule has 2 aromatic rings. The topological polar surface area (TPSA) is 124 Å². The number of Topliss-reactive ketones (excluding diaryl/α,β-unsaturated/α-hetero) is 1. The van der Waals surface area contributed by atoms with E-state index >= 15 is 0 Å². The van der Waals surface area contributed by atoms with Crippen molar-refractivity contribution in [2.24, 2.45) is 7.05 Å². The molecule has 0 aliphatic carbocycles. The molecule has 0 bridgehead atoms. The highest BCUT2D eigenvalue weighted by Gasteiger charge is 2.19. The number of nitrogens with zero attached hydrogens (tertiary/aromatic N) is 1. The van der Waals surface area contributed by atoms with Gasteiger partial charge in [-0.1, -0.05) is 17.7 Å². The summed E-state index contributed by atoms with van der Waals surface area (Å²) in [7, 11) is 1.31. The SMILES string of the molecule is Cc1ccc(C(=O)OCC(=O)c2c(N)n(C)c(=O)[nH]c2=O)cc1. The number of ketones is 1. The van der Waals surface area contributed by atoms with Crippen molar-refractivity contribution in [1.29, 1.82) is 0 Å². The van der Waals surface area contributed by atoms with Gasteiger partial charge >= 0.3 is 11.7 Å². The average molecular weight is 317 g/mol. The summed E-state index contributed by atoms with van der Waals surface area (Å²) in [5, 5.41) is 0. The number of aromatic amines is 1. The number of aryl methyl sites for hydroxylation is 1. The van der Waals surface area contributed by atoms with Gasteiger partial charge in [0.05, 0.1) is 5.56 Å². The van der Waals surface area contributed by atoms with Crippen molar-refractivity contribution in [1.82, 2.24) is 9.55 Å². The normalized spacial score (nSPS) is 10.3. The highest BCUT2D eigenvalue weighted by molar-refractivity contribution is 6.02. The Morgan fingerprint density at radius 3 is 2.43 bits per heavy atom. The van der Waals surface area contributed by atoms with Crippen molar-refractivity contribution in [3.05, 3.63) is 61.8 Å². The number of nitrogens with one attached hydrogen (secondary N) is 1. The average Bonchev–Trinajstić information content (AvgIpc) is 2.51. The van der Waals surface area contributed by atoms with Crippen LogP contribution in [-0.2, 0) is 11.8 Å². The van der Waals surface area contributed by atoms with Gasteiger partial charge < -0.3 is 10.5 Å². The lowest BCUT2D eigenvalue weighted by molar-refractivity contribution is 0.0474. The molecule has 0 radical (unpaired) electrons. The van der Waals surface area contributed by atoms with Crippen LogP contribution in [0.4, 0.5) is 5.82 Å². The molecule has 0 aliphatic rings. The third kappa shape index (κ3) is 3.37. The Hall–Kier alpha value is -3.16. The second kappa shape index (κ2) is 6.30. The Kier molecular flexibility index (Phi) is 4.44. The number of rotatable bonds is 4. The molecule has 2 rings (SSSR count). The second-order valence-corrected chi connectivity index (χ2v) is 4.94. The fourth-order valence-electron chi connectivity index (χ4n) is 1.88. The number of carbonyl (C=O) groups is 2. The lowest BCUT2D eigenvalue weighted by atomic mass is 10.1. The molecule has 0 saturated heterocycles. The number of esters is 1. The number of nitrogen functional groups attached to an aromatic ring is 1. The third-order valence-corrected chi connectivity index (χ3v) is 3.27. The maximum absolute atomic E-state index is 12.0. The first kappa shape index (κ1) is 16.2. The molecule has 0 amide bonds. The predicted octanol–water partition coefficient (Wildman–Crippen LogP) is 0.00392. The molecule has 0 aliphatic heterocycles. The molecule has 1 aromatic heterocycles. The Balaban J connectivity index is 2.16. The molecule has 23 heavy (non-hydrogen) atoms. The summed E-state index contributed by atoms with van der Waals surface area (Å²) < 4.78 is 5.81. The Labute approximate surface area is 130 Å². The van der Waals surface area contributed by atoms with Crippen molar-refractivity contribution in [3.8, 4) is 0 Å². The van der Waals surface area contributed by atoms with E-state index in [-0.39, 0.29) is 11.4 Å². The number of anilines is 1. The number of hydrogen-bond acceptors (Lipinski definition) is 6. The van der Waals surface area contributed by atoms with Crippen molar-refractivity contribution >= 4 is 17.6 Å². The molecular weight excluding hydrogens is 302 g/mol. The minimum absolute atomic E-state index is 0.282. The molecule has 0 fully saturated rings. The zero-order chi connectivity index (χ0) is 17.1. The molecule has 0 unspecified atom stereocenters. The number of hydrogen-bond donors (Lipinski definition) is 2. The van der Waals surface area contributed by atoms with Crippen LogP contribution in [0.5, 0.6) is 0 Å². The van der Waals surface area contributed by atoms with Gasteiger partial charge in [0, 0.05) is 7.05 Å². The summed E-state index contributed by atoms with van der Waals surface area (Å²) in [6.45, 7) is 1.21. The lowest BCUT2D eigenvalue weighted by Gasteiger charge is -2.08. The summed E-state index contributed by atoms with van der Waals surface area (Å²) in [6.07, 6.45) is 0. The molecule has 1 aromatic carbocycles. The van der Waals surface area contributed by atoms with Crippen LogP contribution < -0.4 is 17.0 Å². The smallest absolute Gasteiger partial charge is 0.338 e. The molecule has 3 N–H and O–H groups in total. The van der Waals surface area contributed by atoms with Gasteiger partial charge in [-0.3, -0.25) is 19.1 Å². The van der Waals surface area contributed by atoms with Gasteiger partial charge in [0.25, 0.3) is 5.56 Å². The summed E-state index contributed by atoms with van der Waals surface area (Å²) in [4.78, 5) is 48.9. The van der Waals surface area contributed by atoms with E-state index < -0.39 is 35.2 Å². The van der Waals surface area contributed by atoms with Gasteiger partial charge in [-0.15, -0.1) is 0 Å². The van der Waals surface area contributed by atoms with E-state index in [9.17, 15) is 19.2 Å². The van der Waals surface area contributed by atoms with Crippen LogP contribution >= 0.6 is 0 Å². The first-order chi connectivity index (χ1) is 10.8. The van der Waals surface area contributed by atoms with Gasteiger partial charge in [-0.05, 0) is 19.1 Å². The Morgan fingerprint density at radius 1 is 1.22 bits per heavy atom. The van der Waals surface area contributed by atoms with E-state index in [4.69, 9.17) is 10.5 Å². The van der Waals surface area contributed by atoms with Crippen molar-refractivity contribution in [2.45, 2.75) is 6.92 Å². The monoisotopic (exact) mass is 317 g/mol. The number of benzene rings is 1. The third-order valence-electron chi connectivity index (χ3n) is 3.27. The maximum Gasteiger partial charge on any atom is 0.338 e. The molecule has 0 spiro atoms. The van der Waals surface area contributed by atoms with E-state index in [0.717, 1.165) is 10.1 Å². The number of carbonyl (C=O) groups excluding carboxylic acids is 2. The summed E-state index contributed by atoms with van der Waals surface area (Å²) >= 11 is 0. The fraction of sp³-hybridized carbons (Fsp3) is 0.200. The van der Waals surface area contributed by atoms with E-state index in [1.165, 1.54) is 7.05 Å². The zero-order valence-corrected chi connectivity index (χ0v) is 12.6. The highest BCUT2D eigenvalue weighted by atomic mass is 16.5. The van der Waals surface area contributed by atoms with Gasteiger partial charge in [-0.2, -0.15) is 0 Å². The molecule has 1 heterocycles. The van der Waals surface area contributed by atoms with Crippen LogP contribution in [0.15, 0.2) is 33.9 Å². The Morgan fingerprint density at radius 2 is 1.83 bits per heavy atom. The molecule has 8 heteroatoms. The molecule has 120 valence electrons. The van der Waals surface area contributed by atoms with Crippen LogP contribution in [-0.4, -0.2) is 27.9 Å². The largest absolute Gasteiger partial charge is 0.454 e. The summed E-state index contributed by atoms with van der Waals surface area (Å²) in [5.41, 5.74) is 4.79. The minimum atomic E-state index is -0.915. The quantitative estimate of drug-likeness (QED) is 0.604. The zero-order valence-electron chi connectivity index (χ0n) is 12.6. The molecule has 8 nitrogen and oxygen atoms in total. The number of H-pyrrole nitrogens is 1. The van der Waals surface area contributed by atoms with Crippen LogP contribution in [0, 0.1) is 6.92 Å². The van der Waals surface area contributed by atoms with Crippen LogP contribution in [0.25, 0.3) is 0 Å². The van der Waals surface area contributed by atoms with E-state index in [1.807, 2.05) is 11.9 Å². The number of aromatic nitrogens is 2. The molecule has 0 atom stereocenters. The van der Waals surface area contributed by atoms with E-state index in [2.05, 4.69) is 0 Å². The van der Waals surface area contributed by atoms with Gasteiger partial charge in [-0.25, -0.2) is 9.59 Å². The van der Waals surface area contributed by atoms with E-state index in [1.54, 1.807) is 24.3 Å². The van der Waals surface area contributed by atoms with Gasteiger partial charge in [0.2, 0.25) is 5.78 Å². The van der Waals surface area contributed by atoms with Crippen LogP contribution in [0.2, 0.25) is 0 Å². The van der Waals surface area contributed by atoms with Gasteiger partial charge in [0.15, 0.2) is 6.61 Å². The van der Waals surface area contributed by atoms with Crippen LogP contribution in [0.1, 0.15) is 26.3 Å². The van der Waals surface area contributed by atoms with Gasteiger partial charge in [0.1, 0.15) is 11.4 Å². The maximum atomic E-state index is 12.0. The first-order valence-corrected chi connectivity index (χ1v) is 6.67. The molecular formula is C15H15N3O5.